The Hall–Kier alpha value is -0.340. The van der Waals surface area contributed by atoms with Gasteiger partial charge in [0.1, 0.15) is 0 Å². The van der Waals surface area contributed by atoms with Crippen molar-refractivity contribution in [3.63, 3.8) is 0 Å². The first-order chi connectivity index (χ1) is 4.66. The van der Waals surface area contributed by atoms with E-state index in [0.717, 1.165) is 13.1 Å². The summed E-state index contributed by atoms with van der Waals surface area (Å²) in [6.45, 7) is 5.45. The van der Waals surface area contributed by atoms with Crippen molar-refractivity contribution in [2.75, 3.05) is 20.1 Å². The average molecular weight is 143 g/mol. The third-order valence-electron chi connectivity index (χ3n) is 1.23. The van der Waals surface area contributed by atoms with Crippen LogP contribution in [0.2, 0.25) is 0 Å². The third-order valence-corrected chi connectivity index (χ3v) is 1.23. The number of rotatable bonds is 4. The lowest BCUT2D eigenvalue weighted by atomic mass is 10.3. The highest BCUT2D eigenvalue weighted by molar-refractivity contribution is 4.80. The molecule has 0 aliphatic rings. The molecular weight excluding hydrogens is 126 g/mol. The molecule has 1 atom stereocenters. The van der Waals surface area contributed by atoms with Crippen LogP contribution in [0, 0.1) is 0 Å². The van der Waals surface area contributed by atoms with Crippen molar-refractivity contribution in [3.05, 3.63) is 12.2 Å². The fraction of sp³-hybridized carbons (Fsp3) is 0.750. The Bertz CT molecular complexity index is 99.4. The molecule has 60 valence electrons. The maximum absolute atomic E-state index is 8.96. The van der Waals surface area contributed by atoms with Gasteiger partial charge in [0.05, 0.1) is 6.10 Å². The molecule has 0 aromatic heterocycles. The van der Waals surface area contributed by atoms with Gasteiger partial charge < -0.3 is 10.0 Å². The molecule has 0 aromatic carbocycles. The smallest absolute Gasteiger partial charge is 0.0639 e. The van der Waals surface area contributed by atoms with E-state index in [1.807, 2.05) is 20.0 Å². The summed E-state index contributed by atoms with van der Waals surface area (Å²) in [5.41, 5.74) is 0. The van der Waals surface area contributed by atoms with Gasteiger partial charge in [-0.2, -0.15) is 0 Å². The highest BCUT2D eigenvalue weighted by Gasteiger charge is 1.98. The summed E-state index contributed by atoms with van der Waals surface area (Å²) >= 11 is 0. The number of likely N-dealkylation sites (N-methyl/N-ethyl adjacent to an activating group) is 1. The Balaban J connectivity index is 3.33. The second-order valence-electron chi connectivity index (χ2n) is 2.64. The second-order valence-corrected chi connectivity index (χ2v) is 2.64. The van der Waals surface area contributed by atoms with Crippen LogP contribution in [0.4, 0.5) is 0 Å². The van der Waals surface area contributed by atoms with Crippen molar-refractivity contribution in [1.29, 1.82) is 0 Å². The van der Waals surface area contributed by atoms with Gasteiger partial charge in [0.25, 0.3) is 0 Å². The van der Waals surface area contributed by atoms with E-state index < -0.39 is 0 Å². The molecule has 0 unspecified atom stereocenters. The summed E-state index contributed by atoms with van der Waals surface area (Å²) in [5.74, 6) is 0. The fourth-order valence-electron chi connectivity index (χ4n) is 0.811. The van der Waals surface area contributed by atoms with Gasteiger partial charge in [-0.15, -0.1) is 0 Å². The summed E-state index contributed by atoms with van der Waals surface area (Å²) < 4.78 is 0. The molecule has 2 nitrogen and oxygen atoms in total. The monoisotopic (exact) mass is 143 g/mol. The summed E-state index contributed by atoms with van der Waals surface area (Å²) in [5, 5.41) is 8.96. The van der Waals surface area contributed by atoms with Gasteiger partial charge in [0.15, 0.2) is 0 Å². The van der Waals surface area contributed by atoms with E-state index in [9.17, 15) is 0 Å². The predicted molar refractivity (Wildman–Crippen MR) is 44.0 cm³/mol. The van der Waals surface area contributed by atoms with E-state index in [0.29, 0.717) is 0 Å². The lowest BCUT2D eigenvalue weighted by molar-refractivity contribution is 0.147. The van der Waals surface area contributed by atoms with Crippen molar-refractivity contribution >= 4 is 0 Å². The van der Waals surface area contributed by atoms with E-state index in [1.165, 1.54) is 0 Å². The zero-order valence-corrected chi connectivity index (χ0v) is 7.04. The summed E-state index contributed by atoms with van der Waals surface area (Å²) in [6, 6.07) is 0. The molecule has 0 aliphatic heterocycles. The highest BCUT2D eigenvalue weighted by Crippen LogP contribution is 1.87. The Morgan fingerprint density at radius 1 is 1.60 bits per heavy atom. The molecule has 2 heteroatoms. The van der Waals surface area contributed by atoms with Crippen molar-refractivity contribution in [2.45, 2.75) is 20.0 Å². The van der Waals surface area contributed by atoms with Crippen LogP contribution in [0.3, 0.4) is 0 Å². The molecule has 0 aromatic rings. The summed E-state index contributed by atoms with van der Waals surface area (Å²) in [4.78, 5) is 2.07. The van der Waals surface area contributed by atoms with Crippen LogP contribution >= 0.6 is 0 Å². The molecule has 0 saturated heterocycles. The van der Waals surface area contributed by atoms with Crippen molar-refractivity contribution in [3.8, 4) is 0 Å². The average Bonchev–Trinajstić information content (AvgIpc) is 1.82. The molecule has 0 radical (unpaired) electrons. The van der Waals surface area contributed by atoms with Gasteiger partial charge in [0, 0.05) is 13.1 Å². The zero-order chi connectivity index (χ0) is 7.98. The Labute approximate surface area is 63.2 Å². The molecule has 0 bridgehead atoms. The van der Waals surface area contributed by atoms with E-state index in [2.05, 4.69) is 11.0 Å². The topological polar surface area (TPSA) is 23.5 Å². The molecule has 10 heavy (non-hydrogen) atoms. The molecule has 0 aliphatic carbocycles. The van der Waals surface area contributed by atoms with Crippen molar-refractivity contribution in [2.24, 2.45) is 0 Å². The van der Waals surface area contributed by atoms with Crippen LogP contribution in [0.25, 0.3) is 0 Å². The van der Waals surface area contributed by atoms with E-state index in [-0.39, 0.29) is 6.10 Å². The zero-order valence-electron chi connectivity index (χ0n) is 7.04. The van der Waals surface area contributed by atoms with Gasteiger partial charge in [-0.25, -0.2) is 0 Å². The van der Waals surface area contributed by atoms with Crippen LogP contribution in [0.5, 0.6) is 0 Å². The Morgan fingerprint density at radius 2 is 2.20 bits per heavy atom. The molecule has 0 amide bonds. The lowest BCUT2D eigenvalue weighted by Gasteiger charge is -2.15. The van der Waals surface area contributed by atoms with E-state index in [4.69, 9.17) is 5.11 Å². The highest BCUT2D eigenvalue weighted by atomic mass is 16.3. The van der Waals surface area contributed by atoms with E-state index >= 15 is 0 Å². The third kappa shape index (κ3) is 5.79. The Kier molecular flexibility index (Phi) is 5.26. The molecule has 0 spiro atoms. The molecule has 0 heterocycles. The quantitative estimate of drug-likeness (QED) is 0.590. The minimum Gasteiger partial charge on any atom is -0.392 e. The number of aliphatic hydroxyl groups excluding tert-OH is 1. The standard InChI is InChI=1S/C8H17NO/c1-4-5-6-9(3)7-8(2)10/h4-5,8,10H,6-7H2,1-3H3/b5-4+/t8-/m0/s1. The minimum atomic E-state index is -0.227. The molecule has 0 saturated carbocycles. The fourth-order valence-corrected chi connectivity index (χ4v) is 0.811. The normalized spacial score (nSPS) is 14.9. The molecule has 0 fully saturated rings. The van der Waals surface area contributed by atoms with Crippen LogP contribution < -0.4 is 0 Å². The molecule has 1 N–H and O–H groups in total. The lowest BCUT2D eigenvalue weighted by Crippen LogP contribution is -2.27. The summed E-state index contributed by atoms with van der Waals surface area (Å²) in [6.07, 6.45) is 3.86. The minimum absolute atomic E-state index is 0.227. The van der Waals surface area contributed by atoms with E-state index in [1.54, 1.807) is 6.92 Å². The second kappa shape index (κ2) is 5.45. The molecule has 0 rings (SSSR count). The van der Waals surface area contributed by atoms with Gasteiger partial charge >= 0.3 is 0 Å². The predicted octanol–water partition coefficient (Wildman–Crippen LogP) is 0.875. The van der Waals surface area contributed by atoms with Crippen LogP contribution in [-0.4, -0.2) is 36.2 Å². The SMILES string of the molecule is C/C=C/CN(C)C[C@H](C)O. The number of nitrogens with zero attached hydrogens (tertiary/aromatic N) is 1. The number of aliphatic hydroxyl groups is 1. The van der Waals surface area contributed by atoms with Gasteiger partial charge in [-0.05, 0) is 20.9 Å². The largest absolute Gasteiger partial charge is 0.392 e. The van der Waals surface area contributed by atoms with Gasteiger partial charge in [-0.1, -0.05) is 12.2 Å². The maximum atomic E-state index is 8.96. The first-order valence-corrected chi connectivity index (χ1v) is 3.64. The maximum Gasteiger partial charge on any atom is 0.0639 e. The first kappa shape index (κ1) is 9.66. The molecular formula is C8H17NO. The van der Waals surface area contributed by atoms with Crippen LogP contribution in [-0.2, 0) is 0 Å². The number of allylic oxidation sites excluding steroid dienone is 1. The Morgan fingerprint density at radius 3 is 2.60 bits per heavy atom. The summed E-state index contributed by atoms with van der Waals surface area (Å²) in [7, 11) is 1.99. The van der Waals surface area contributed by atoms with Crippen molar-refractivity contribution < 1.29 is 5.11 Å². The number of hydrogen-bond acceptors (Lipinski definition) is 2. The van der Waals surface area contributed by atoms with Crippen LogP contribution in [0.1, 0.15) is 13.8 Å². The van der Waals surface area contributed by atoms with Crippen molar-refractivity contribution in [1.82, 2.24) is 4.90 Å². The van der Waals surface area contributed by atoms with Crippen LogP contribution in [0.15, 0.2) is 12.2 Å². The number of hydrogen-bond donors (Lipinski definition) is 1. The van der Waals surface area contributed by atoms with Gasteiger partial charge in [0.2, 0.25) is 0 Å². The van der Waals surface area contributed by atoms with Gasteiger partial charge in [-0.3, -0.25) is 0 Å². The first-order valence-electron chi connectivity index (χ1n) is 3.64.